The van der Waals surface area contributed by atoms with E-state index in [0.717, 1.165) is 25.7 Å². The molecule has 4 aliphatic rings. The molecule has 4 atom stereocenters. The van der Waals surface area contributed by atoms with Crippen molar-refractivity contribution in [2.45, 2.75) is 108 Å². The number of hydrogen-bond acceptors (Lipinski definition) is 6. The van der Waals surface area contributed by atoms with E-state index in [1.54, 1.807) is 30.6 Å². The Labute approximate surface area is 207 Å². The molecule has 0 aromatic carbocycles. The van der Waals surface area contributed by atoms with Crippen molar-refractivity contribution in [3.63, 3.8) is 0 Å². The minimum atomic E-state index is -0.963. The number of hydrogen-bond donors (Lipinski definition) is 1. The lowest BCUT2D eigenvalue weighted by atomic mass is 9.94. The molecule has 192 valence electrons. The van der Waals surface area contributed by atoms with Crippen LogP contribution in [0.1, 0.15) is 85.0 Å². The first-order valence-corrected chi connectivity index (χ1v) is 13.1. The van der Waals surface area contributed by atoms with Gasteiger partial charge in [-0.2, -0.15) is 5.26 Å². The van der Waals surface area contributed by atoms with Crippen LogP contribution in [0.25, 0.3) is 0 Å². The zero-order chi connectivity index (χ0) is 25.4. The van der Waals surface area contributed by atoms with Gasteiger partial charge in [0.2, 0.25) is 11.8 Å². The van der Waals surface area contributed by atoms with Crippen LogP contribution in [0.2, 0.25) is 0 Å². The molecule has 2 heterocycles. The highest BCUT2D eigenvalue weighted by molar-refractivity contribution is 5.96. The van der Waals surface area contributed by atoms with Crippen molar-refractivity contribution in [2.75, 3.05) is 13.1 Å². The summed E-state index contributed by atoms with van der Waals surface area (Å²) in [6, 6.07) is 0.709. The van der Waals surface area contributed by atoms with Crippen LogP contribution in [0.5, 0.6) is 0 Å². The summed E-state index contributed by atoms with van der Waals surface area (Å²) in [5, 5.41) is 12.5. The van der Waals surface area contributed by atoms with Crippen LogP contribution in [0.3, 0.4) is 0 Å². The number of ketones is 1. The maximum Gasteiger partial charge on any atom is 0.411 e. The Morgan fingerprint density at radius 2 is 1.89 bits per heavy atom. The van der Waals surface area contributed by atoms with Crippen LogP contribution in [0.15, 0.2) is 0 Å². The number of amides is 3. The van der Waals surface area contributed by atoms with Gasteiger partial charge in [-0.1, -0.05) is 12.8 Å². The molecule has 0 radical (unpaired) electrons. The average molecular weight is 487 g/mol. The Hall–Kier alpha value is -2.63. The number of likely N-dealkylation sites (tertiary alicyclic amines) is 2. The van der Waals surface area contributed by atoms with Gasteiger partial charge in [0.05, 0.1) is 6.07 Å². The monoisotopic (exact) mass is 486 g/mol. The molecule has 9 heteroatoms. The van der Waals surface area contributed by atoms with Crippen molar-refractivity contribution in [1.82, 2.24) is 15.1 Å². The third kappa shape index (κ3) is 5.46. The highest BCUT2D eigenvalue weighted by Crippen LogP contribution is 2.42. The number of nitrogens with zero attached hydrogens (tertiary/aromatic N) is 3. The predicted molar refractivity (Wildman–Crippen MR) is 127 cm³/mol. The Bertz CT molecular complexity index is 918. The summed E-state index contributed by atoms with van der Waals surface area (Å²) in [6.45, 7) is 6.26. The van der Waals surface area contributed by atoms with Gasteiger partial charge < -0.3 is 15.0 Å². The number of carbonyl (C=O) groups excluding carboxylic acids is 4. The zero-order valence-corrected chi connectivity index (χ0v) is 21.2. The molecule has 4 rings (SSSR count). The third-order valence-electron chi connectivity index (χ3n) is 7.88. The van der Waals surface area contributed by atoms with E-state index >= 15 is 0 Å². The normalized spacial score (nSPS) is 28.3. The Morgan fingerprint density at radius 1 is 1.14 bits per heavy atom. The van der Waals surface area contributed by atoms with E-state index in [2.05, 4.69) is 11.4 Å². The van der Waals surface area contributed by atoms with Crippen molar-refractivity contribution in [3.8, 4) is 6.07 Å². The van der Waals surface area contributed by atoms with Gasteiger partial charge in [0, 0.05) is 25.4 Å². The van der Waals surface area contributed by atoms with E-state index < -0.39 is 29.3 Å². The summed E-state index contributed by atoms with van der Waals surface area (Å²) < 4.78 is 5.59. The molecule has 0 aromatic heterocycles. The summed E-state index contributed by atoms with van der Waals surface area (Å²) in [6.07, 6.45) is 6.32. The summed E-state index contributed by atoms with van der Waals surface area (Å²) in [5.41, 5.74) is -1.63. The summed E-state index contributed by atoms with van der Waals surface area (Å²) in [5.74, 6) is -0.159. The van der Waals surface area contributed by atoms with E-state index in [-0.39, 0.29) is 23.5 Å². The SMILES string of the molecule is CC(C)(C)OC(=O)N1CCCC12CCN(C(CC1CC1)C(=O)NC(C#N)CC1CCCC1=O)C2=O. The molecule has 35 heavy (non-hydrogen) atoms. The van der Waals surface area contributed by atoms with E-state index in [4.69, 9.17) is 4.74 Å². The lowest BCUT2D eigenvalue weighted by molar-refractivity contribution is -0.143. The van der Waals surface area contributed by atoms with Gasteiger partial charge in [-0.05, 0) is 71.6 Å². The molecule has 4 fully saturated rings. The molecular formula is C26H38N4O5. The standard InChI is InChI=1S/C26H38N4O5/c1-25(2,3)35-24(34)30-12-5-10-26(30)11-13-29(23(26)33)20(14-17-8-9-17)22(32)28-19(16-27)15-18-6-4-7-21(18)31/h17-20H,4-15H2,1-3H3,(H,28,32). The average Bonchev–Trinajstić information content (AvgIpc) is 3.21. The van der Waals surface area contributed by atoms with Gasteiger partial charge in [0.15, 0.2) is 0 Å². The van der Waals surface area contributed by atoms with Gasteiger partial charge in [-0.25, -0.2) is 4.79 Å². The molecule has 3 amide bonds. The van der Waals surface area contributed by atoms with Crippen LogP contribution in [-0.2, 0) is 19.1 Å². The van der Waals surface area contributed by atoms with E-state index in [1.807, 2.05) is 0 Å². The van der Waals surface area contributed by atoms with Crippen molar-refractivity contribution >= 4 is 23.7 Å². The second-order valence-electron chi connectivity index (χ2n) is 11.7. The first kappa shape index (κ1) is 25.5. The van der Waals surface area contributed by atoms with Crippen LogP contribution in [0, 0.1) is 23.2 Å². The van der Waals surface area contributed by atoms with Gasteiger partial charge >= 0.3 is 6.09 Å². The number of carbonyl (C=O) groups is 4. The van der Waals surface area contributed by atoms with Crippen LogP contribution in [-0.4, -0.2) is 69.8 Å². The first-order chi connectivity index (χ1) is 16.5. The highest BCUT2D eigenvalue weighted by Gasteiger charge is 2.58. The van der Waals surface area contributed by atoms with Gasteiger partial charge in [-0.3, -0.25) is 19.3 Å². The molecule has 1 N–H and O–H groups in total. The topological polar surface area (TPSA) is 120 Å². The quantitative estimate of drug-likeness (QED) is 0.591. The second-order valence-corrected chi connectivity index (χ2v) is 11.7. The van der Waals surface area contributed by atoms with Crippen LogP contribution >= 0.6 is 0 Å². The van der Waals surface area contributed by atoms with Gasteiger partial charge in [-0.15, -0.1) is 0 Å². The molecule has 2 saturated heterocycles. The van der Waals surface area contributed by atoms with Crippen molar-refractivity contribution < 1.29 is 23.9 Å². The third-order valence-corrected chi connectivity index (χ3v) is 7.88. The largest absolute Gasteiger partial charge is 0.444 e. The number of rotatable bonds is 7. The maximum absolute atomic E-state index is 13.8. The second kappa shape index (κ2) is 9.79. The molecule has 4 unspecified atom stereocenters. The van der Waals surface area contributed by atoms with E-state index in [1.165, 1.54) is 0 Å². The fourth-order valence-electron chi connectivity index (χ4n) is 5.90. The summed E-state index contributed by atoms with van der Waals surface area (Å²) in [7, 11) is 0. The zero-order valence-electron chi connectivity index (χ0n) is 21.2. The van der Waals surface area contributed by atoms with Crippen LogP contribution < -0.4 is 5.32 Å². The fraction of sp³-hybridized carbons (Fsp3) is 0.808. The van der Waals surface area contributed by atoms with Gasteiger partial charge in [0.1, 0.15) is 29.0 Å². The molecule has 2 aliphatic heterocycles. The number of Topliss-reactive ketones (excluding diaryl/α,β-unsaturated/α-hetero) is 1. The molecule has 0 aromatic rings. The van der Waals surface area contributed by atoms with Crippen molar-refractivity contribution in [3.05, 3.63) is 0 Å². The maximum atomic E-state index is 13.8. The molecule has 2 saturated carbocycles. The van der Waals surface area contributed by atoms with Crippen LogP contribution in [0.4, 0.5) is 4.79 Å². The van der Waals surface area contributed by atoms with E-state index in [0.29, 0.717) is 57.5 Å². The number of nitrogens with one attached hydrogen (secondary N) is 1. The highest BCUT2D eigenvalue weighted by atomic mass is 16.6. The fourth-order valence-corrected chi connectivity index (χ4v) is 5.90. The molecule has 0 bridgehead atoms. The summed E-state index contributed by atoms with van der Waals surface area (Å²) >= 11 is 0. The minimum Gasteiger partial charge on any atom is -0.444 e. The Balaban J connectivity index is 1.48. The van der Waals surface area contributed by atoms with Crippen molar-refractivity contribution in [2.24, 2.45) is 11.8 Å². The van der Waals surface area contributed by atoms with Crippen molar-refractivity contribution in [1.29, 1.82) is 5.26 Å². The number of nitriles is 1. The predicted octanol–water partition coefficient (Wildman–Crippen LogP) is 2.92. The smallest absolute Gasteiger partial charge is 0.411 e. The Kier molecular flexibility index (Phi) is 7.12. The molecule has 2 aliphatic carbocycles. The lowest BCUT2D eigenvalue weighted by Crippen LogP contribution is -2.57. The molecular weight excluding hydrogens is 448 g/mol. The number of ether oxygens (including phenoxy) is 1. The van der Waals surface area contributed by atoms with Gasteiger partial charge in [0.25, 0.3) is 0 Å². The Morgan fingerprint density at radius 3 is 2.49 bits per heavy atom. The lowest BCUT2D eigenvalue weighted by Gasteiger charge is -2.36. The first-order valence-electron chi connectivity index (χ1n) is 13.1. The molecule has 1 spiro atoms. The minimum absolute atomic E-state index is 0.161. The van der Waals surface area contributed by atoms with E-state index in [9.17, 15) is 24.4 Å². The molecule has 9 nitrogen and oxygen atoms in total. The summed E-state index contributed by atoms with van der Waals surface area (Å²) in [4.78, 5) is 55.4.